The molecule has 0 bridgehead atoms. The van der Waals surface area contributed by atoms with E-state index in [0.717, 1.165) is 11.1 Å². The molecule has 0 spiro atoms. The lowest BCUT2D eigenvalue weighted by Crippen LogP contribution is -2.00. The van der Waals surface area contributed by atoms with Crippen LogP contribution in [0.4, 0.5) is 4.39 Å². The zero-order valence-corrected chi connectivity index (χ0v) is 9.09. The van der Waals surface area contributed by atoms with Crippen LogP contribution in [0, 0.1) is 5.82 Å². The van der Waals surface area contributed by atoms with Crippen LogP contribution < -0.4 is 10.5 Å². The molecule has 0 unspecified atom stereocenters. The Balaban J connectivity index is 2.66. The van der Waals surface area contributed by atoms with Crippen molar-refractivity contribution in [3.63, 3.8) is 0 Å². The molecule has 0 aromatic heterocycles. The molecule has 0 saturated carbocycles. The van der Waals surface area contributed by atoms with E-state index < -0.39 is 0 Å². The Kier molecular flexibility index (Phi) is 4.31. The van der Waals surface area contributed by atoms with Crippen LogP contribution in [0.15, 0.2) is 29.8 Å². The second-order valence-corrected chi connectivity index (χ2v) is 3.56. The van der Waals surface area contributed by atoms with Crippen LogP contribution in [0.5, 0.6) is 5.75 Å². The van der Waals surface area contributed by atoms with Gasteiger partial charge in [-0.25, -0.2) is 4.39 Å². The molecule has 0 amide bonds. The summed E-state index contributed by atoms with van der Waals surface area (Å²) < 4.78 is 18.6. The summed E-state index contributed by atoms with van der Waals surface area (Å²) in [6.07, 6.45) is 1.90. The first-order valence-corrected chi connectivity index (χ1v) is 4.88. The molecule has 82 valence electrons. The smallest absolute Gasteiger partial charge is 0.165 e. The number of halogens is 1. The van der Waals surface area contributed by atoms with Gasteiger partial charge < -0.3 is 10.5 Å². The zero-order chi connectivity index (χ0) is 11.3. The number of allylic oxidation sites excluding steroid dienone is 1. The molecule has 3 heteroatoms. The first-order valence-electron chi connectivity index (χ1n) is 4.88. The minimum absolute atomic E-state index is 0.268. The summed E-state index contributed by atoms with van der Waals surface area (Å²) in [6, 6.07) is 4.77. The molecule has 0 heterocycles. The monoisotopic (exact) mass is 209 g/mol. The Morgan fingerprint density at radius 1 is 1.47 bits per heavy atom. The molecule has 0 aliphatic carbocycles. The number of nitrogens with two attached hydrogens (primary N) is 1. The number of ether oxygens (including phenoxy) is 1. The third-order valence-electron chi connectivity index (χ3n) is 1.96. The van der Waals surface area contributed by atoms with Crippen LogP contribution in [0.2, 0.25) is 0 Å². The standard InChI is InChI=1S/C12H16FNO/c1-9(2)5-6-15-12-4-3-10(8-14)7-11(12)13/h3-5,7H,6,8,14H2,1-2H3. The van der Waals surface area contributed by atoms with Gasteiger partial charge in [0.25, 0.3) is 0 Å². The van der Waals surface area contributed by atoms with Gasteiger partial charge in [-0.15, -0.1) is 0 Å². The highest BCUT2D eigenvalue weighted by molar-refractivity contribution is 5.29. The lowest BCUT2D eigenvalue weighted by atomic mass is 10.2. The molecular formula is C12H16FNO. The first-order chi connectivity index (χ1) is 7.13. The van der Waals surface area contributed by atoms with E-state index in [-0.39, 0.29) is 11.6 Å². The molecule has 1 aromatic rings. The largest absolute Gasteiger partial charge is 0.486 e. The lowest BCUT2D eigenvalue weighted by Gasteiger charge is -2.06. The number of hydrogen-bond acceptors (Lipinski definition) is 2. The van der Waals surface area contributed by atoms with Gasteiger partial charge in [-0.2, -0.15) is 0 Å². The van der Waals surface area contributed by atoms with E-state index >= 15 is 0 Å². The molecule has 0 aliphatic rings. The summed E-state index contributed by atoms with van der Waals surface area (Å²) in [5, 5.41) is 0. The molecule has 15 heavy (non-hydrogen) atoms. The van der Waals surface area contributed by atoms with Crippen molar-refractivity contribution in [2.24, 2.45) is 5.73 Å². The Morgan fingerprint density at radius 3 is 2.73 bits per heavy atom. The average Bonchev–Trinajstić information content (AvgIpc) is 2.20. The van der Waals surface area contributed by atoms with E-state index in [1.807, 2.05) is 19.9 Å². The molecule has 0 atom stereocenters. The van der Waals surface area contributed by atoms with E-state index in [1.54, 1.807) is 12.1 Å². The zero-order valence-electron chi connectivity index (χ0n) is 9.09. The lowest BCUT2D eigenvalue weighted by molar-refractivity contribution is 0.340. The van der Waals surface area contributed by atoms with Gasteiger partial charge in [-0.1, -0.05) is 11.6 Å². The van der Waals surface area contributed by atoms with Crippen molar-refractivity contribution in [2.75, 3.05) is 6.61 Å². The molecular weight excluding hydrogens is 193 g/mol. The Bertz CT molecular complexity index is 357. The van der Waals surface area contributed by atoms with E-state index in [4.69, 9.17) is 10.5 Å². The minimum Gasteiger partial charge on any atom is -0.486 e. The van der Waals surface area contributed by atoms with Crippen molar-refractivity contribution in [2.45, 2.75) is 20.4 Å². The summed E-state index contributed by atoms with van der Waals surface area (Å²) in [4.78, 5) is 0. The van der Waals surface area contributed by atoms with Gasteiger partial charge in [-0.05, 0) is 37.6 Å². The number of benzene rings is 1. The van der Waals surface area contributed by atoms with Crippen molar-refractivity contribution in [3.8, 4) is 5.75 Å². The van der Waals surface area contributed by atoms with E-state index in [1.165, 1.54) is 6.07 Å². The fraction of sp³-hybridized carbons (Fsp3) is 0.333. The molecule has 2 N–H and O–H groups in total. The second-order valence-electron chi connectivity index (χ2n) is 3.56. The maximum atomic E-state index is 13.4. The molecule has 0 radical (unpaired) electrons. The van der Waals surface area contributed by atoms with Crippen LogP contribution in [0.1, 0.15) is 19.4 Å². The van der Waals surface area contributed by atoms with Gasteiger partial charge in [-0.3, -0.25) is 0 Å². The molecule has 0 aliphatic heterocycles. The van der Waals surface area contributed by atoms with Gasteiger partial charge in [0.15, 0.2) is 11.6 Å². The number of hydrogen-bond donors (Lipinski definition) is 1. The topological polar surface area (TPSA) is 35.2 Å². The summed E-state index contributed by atoms with van der Waals surface area (Å²) in [7, 11) is 0. The van der Waals surface area contributed by atoms with Crippen LogP contribution >= 0.6 is 0 Å². The molecule has 2 nitrogen and oxygen atoms in total. The quantitative estimate of drug-likeness (QED) is 0.774. The van der Waals surface area contributed by atoms with Crippen LogP contribution in [-0.2, 0) is 6.54 Å². The Labute approximate surface area is 89.6 Å². The summed E-state index contributed by atoms with van der Waals surface area (Å²) in [6.45, 7) is 4.67. The maximum Gasteiger partial charge on any atom is 0.165 e. The normalized spacial score (nSPS) is 9.87. The average molecular weight is 209 g/mol. The third kappa shape index (κ3) is 3.72. The van der Waals surface area contributed by atoms with E-state index in [0.29, 0.717) is 13.2 Å². The second kappa shape index (κ2) is 5.51. The Hall–Kier alpha value is -1.35. The minimum atomic E-state index is -0.361. The third-order valence-corrected chi connectivity index (χ3v) is 1.96. The van der Waals surface area contributed by atoms with Crippen molar-refractivity contribution >= 4 is 0 Å². The molecule has 0 saturated heterocycles. The predicted octanol–water partition coefficient (Wildman–Crippen LogP) is 2.63. The highest BCUT2D eigenvalue weighted by Crippen LogP contribution is 2.18. The van der Waals surface area contributed by atoms with Crippen molar-refractivity contribution < 1.29 is 9.13 Å². The van der Waals surface area contributed by atoms with E-state index in [9.17, 15) is 4.39 Å². The van der Waals surface area contributed by atoms with Gasteiger partial charge in [0, 0.05) is 6.54 Å². The van der Waals surface area contributed by atoms with Gasteiger partial charge in [0.2, 0.25) is 0 Å². The first kappa shape index (κ1) is 11.7. The maximum absolute atomic E-state index is 13.4. The van der Waals surface area contributed by atoms with Crippen LogP contribution in [0.25, 0.3) is 0 Å². The van der Waals surface area contributed by atoms with E-state index in [2.05, 4.69) is 0 Å². The summed E-state index contributed by atoms with van der Waals surface area (Å²) in [5.41, 5.74) is 7.30. The highest BCUT2D eigenvalue weighted by atomic mass is 19.1. The van der Waals surface area contributed by atoms with Crippen LogP contribution in [0.3, 0.4) is 0 Å². The van der Waals surface area contributed by atoms with Gasteiger partial charge in [0.1, 0.15) is 6.61 Å². The Morgan fingerprint density at radius 2 is 2.20 bits per heavy atom. The van der Waals surface area contributed by atoms with Crippen LogP contribution in [-0.4, -0.2) is 6.61 Å². The predicted molar refractivity (Wildman–Crippen MR) is 59.2 cm³/mol. The highest BCUT2D eigenvalue weighted by Gasteiger charge is 2.02. The van der Waals surface area contributed by atoms with Crippen molar-refractivity contribution in [1.29, 1.82) is 0 Å². The molecule has 1 aromatic carbocycles. The SMILES string of the molecule is CC(C)=CCOc1ccc(CN)cc1F. The summed E-state index contributed by atoms with van der Waals surface area (Å²) in [5.74, 6) is -0.0928. The molecule has 0 fully saturated rings. The fourth-order valence-corrected chi connectivity index (χ4v) is 1.09. The fourth-order valence-electron chi connectivity index (χ4n) is 1.09. The van der Waals surface area contributed by atoms with Gasteiger partial charge in [0.05, 0.1) is 0 Å². The summed E-state index contributed by atoms with van der Waals surface area (Å²) >= 11 is 0. The number of rotatable bonds is 4. The molecule has 1 rings (SSSR count). The van der Waals surface area contributed by atoms with Crippen molar-refractivity contribution in [3.05, 3.63) is 41.2 Å². The van der Waals surface area contributed by atoms with Gasteiger partial charge >= 0.3 is 0 Å². The van der Waals surface area contributed by atoms with Crippen molar-refractivity contribution in [1.82, 2.24) is 0 Å².